The molecular formula is C23H25N7O. The molecule has 5 rings (SSSR count). The molecule has 1 aliphatic heterocycles. The summed E-state index contributed by atoms with van der Waals surface area (Å²) in [4.78, 5) is 27.5. The van der Waals surface area contributed by atoms with Crippen molar-refractivity contribution in [2.45, 2.75) is 26.7 Å². The molecule has 0 unspecified atom stereocenters. The number of hydrogen-bond acceptors (Lipinski definition) is 5. The van der Waals surface area contributed by atoms with Crippen molar-refractivity contribution < 1.29 is 4.79 Å². The fourth-order valence-electron chi connectivity index (χ4n) is 4.18. The topological polar surface area (TPSA) is 91.7 Å². The fraction of sp³-hybridized carbons (Fsp3) is 0.304. The average Bonchev–Trinajstić information content (AvgIpc) is 3.48. The van der Waals surface area contributed by atoms with Gasteiger partial charge in [0, 0.05) is 37.7 Å². The molecule has 2 N–H and O–H groups in total. The van der Waals surface area contributed by atoms with Crippen LogP contribution in [0.4, 0.5) is 11.5 Å². The molecule has 4 aromatic rings. The highest BCUT2D eigenvalue weighted by Gasteiger charge is 2.17. The van der Waals surface area contributed by atoms with Gasteiger partial charge in [0.1, 0.15) is 11.6 Å². The molecule has 158 valence electrons. The van der Waals surface area contributed by atoms with Crippen molar-refractivity contribution in [3.05, 3.63) is 53.5 Å². The number of pyridine rings is 1. The SMILES string of the molecule is Cc1nn(C)c(C)c1-c1nc2ccc(NC(=O)c3ccc(N4CCCC4)nc3)cc2[nH]1. The number of carbonyl (C=O) groups is 1. The molecule has 0 spiro atoms. The van der Waals surface area contributed by atoms with E-state index in [0.717, 1.165) is 52.7 Å². The lowest BCUT2D eigenvalue weighted by atomic mass is 10.2. The van der Waals surface area contributed by atoms with Crippen molar-refractivity contribution >= 4 is 28.4 Å². The van der Waals surface area contributed by atoms with Crippen LogP contribution in [0, 0.1) is 13.8 Å². The van der Waals surface area contributed by atoms with E-state index in [-0.39, 0.29) is 5.91 Å². The lowest BCUT2D eigenvalue weighted by molar-refractivity contribution is 0.102. The highest BCUT2D eigenvalue weighted by molar-refractivity contribution is 6.05. The summed E-state index contributed by atoms with van der Waals surface area (Å²) in [6.45, 7) is 6.06. The summed E-state index contributed by atoms with van der Waals surface area (Å²) in [6.07, 6.45) is 4.03. The second-order valence-corrected chi connectivity index (χ2v) is 8.04. The van der Waals surface area contributed by atoms with E-state index in [0.29, 0.717) is 11.3 Å². The molecule has 3 aromatic heterocycles. The molecule has 1 aromatic carbocycles. The van der Waals surface area contributed by atoms with Gasteiger partial charge in [-0.15, -0.1) is 0 Å². The fourth-order valence-corrected chi connectivity index (χ4v) is 4.18. The van der Waals surface area contributed by atoms with Crippen LogP contribution in [-0.2, 0) is 7.05 Å². The Balaban J connectivity index is 1.36. The minimum absolute atomic E-state index is 0.182. The number of hydrogen-bond donors (Lipinski definition) is 2. The molecule has 8 nitrogen and oxygen atoms in total. The van der Waals surface area contributed by atoms with E-state index in [9.17, 15) is 4.79 Å². The normalized spacial score (nSPS) is 13.8. The van der Waals surface area contributed by atoms with Crippen molar-refractivity contribution in [1.82, 2.24) is 24.7 Å². The van der Waals surface area contributed by atoms with Gasteiger partial charge in [-0.3, -0.25) is 9.48 Å². The van der Waals surface area contributed by atoms with E-state index in [1.54, 1.807) is 6.20 Å². The Kier molecular flexibility index (Phi) is 4.69. The highest BCUT2D eigenvalue weighted by Crippen LogP contribution is 2.27. The molecule has 0 radical (unpaired) electrons. The van der Waals surface area contributed by atoms with Gasteiger partial charge < -0.3 is 15.2 Å². The predicted molar refractivity (Wildman–Crippen MR) is 121 cm³/mol. The summed E-state index contributed by atoms with van der Waals surface area (Å²) in [5, 5.41) is 7.43. The maximum absolute atomic E-state index is 12.7. The first kappa shape index (κ1) is 19.3. The van der Waals surface area contributed by atoms with Gasteiger partial charge in [0.05, 0.1) is 27.9 Å². The number of fused-ring (bicyclic) bond motifs is 1. The molecule has 1 aliphatic rings. The number of amides is 1. The van der Waals surface area contributed by atoms with E-state index in [2.05, 4.69) is 25.3 Å². The van der Waals surface area contributed by atoms with Gasteiger partial charge in [0.25, 0.3) is 5.91 Å². The molecular weight excluding hydrogens is 390 g/mol. The van der Waals surface area contributed by atoms with Crippen LogP contribution in [0.5, 0.6) is 0 Å². The summed E-state index contributed by atoms with van der Waals surface area (Å²) in [7, 11) is 1.93. The van der Waals surface area contributed by atoms with Crippen molar-refractivity contribution in [3.63, 3.8) is 0 Å². The standard InChI is InChI=1S/C23H25N7O/c1-14-21(15(2)29(3)28-14)22-26-18-8-7-17(12-19(18)27-22)25-23(31)16-6-9-20(24-13-16)30-10-4-5-11-30/h6-9,12-13H,4-5,10-11H2,1-3H3,(H,25,31)(H,26,27). The second kappa shape index (κ2) is 7.54. The zero-order chi connectivity index (χ0) is 21.5. The lowest BCUT2D eigenvalue weighted by Crippen LogP contribution is -2.19. The molecule has 1 amide bonds. The molecule has 8 heteroatoms. The van der Waals surface area contributed by atoms with Crippen molar-refractivity contribution in [2.75, 3.05) is 23.3 Å². The molecule has 0 saturated carbocycles. The third kappa shape index (κ3) is 3.54. The van der Waals surface area contributed by atoms with E-state index >= 15 is 0 Å². The first-order valence-electron chi connectivity index (χ1n) is 10.5. The zero-order valence-electron chi connectivity index (χ0n) is 17.9. The zero-order valence-corrected chi connectivity index (χ0v) is 17.9. The van der Waals surface area contributed by atoms with Gasteiger partial charge in [0.2, 0.25) is 0 Å². The molecule has 1 fully saturated rings. The summed E-state index contributed by atoms with van der Waals surface area (Å²) in [5.41, 5.74) is 5.93. The number of nitrogens with one attached hydrogen (secondary N) is 2. The highest BCUT2D eigenvalue weighted by atomic mass is 16.1. The average molecular weight is 416 g/mol. The number of aryl methyl sites for hydroxylation is 2. The van der Waals surface area contributed by atoms with Crippen LogP contribution in [-0.4, -0.2) is 43.7 Å². The van der Waals surface area contributed by atoms with Crippen LogP contribution in [0.15, 0.2) is 36.5 Å². The van der Waals surface area contributed by atoms with Crippen molar-refractivity contribution in [1.29, 1.82) is 0 Å². The van der Waals surface area contributed by atoms with Gasteiger partial charge in [-0.2, -0.15) is 5.10 Å². The van der Waals surface area contributed by atoms with Gasteiger partial charge >= 0.3 is 0 Å². The molecule has 1 saturated heterocycles. The minimum atomic E-state index is -0.182. The number of rotatable bonds is 4. The van der Waals surface area contributed by atoms with E-state index in [1.807, 2.05) is 55.9 Å². The number of imidazole rings is 1. The number of aromatic amines is 1. The van der Waals surface area contributed by atoms with Crippen LogP contribution >= 0.6 is 0 Å². The van der Waals surface area contributed by atoms with Crippen LogP contribution in [0.1, 0.15) is 34.6 Å². The van der Waals surface area contributed by atoms with Gasteiger partial charge in [-0.1, -0.05) is 0 Å². The summed E-state index contributed by atoms with van der Waals surface area (Å²) in [5.74, 6) is 1.53. The molecule has 31 heavy (non-hydrogen) atoms. The van der Waals surface area contributed by atoms with Crippen molar-refractivity contribution in [2.24, 2.45) is 7.05 Å². The van der Waals surface area contributed by atoms with Crippen LogP contribution in [0.2, 0.25) is 0 Å². The van der Waals surface area contributed by atoms with Crippen LogP contribution in [0.25, 0.3) is 22.4 Å². The molecule has 4 heterocycles. The first-order chi connectivity index (χ1) is 15.0. The van der Waals surface area contributed by atoms with E-state index in [1.165, 1.54) is 12.8 Å². The third-order valence-corrected chi connectivity index (χ3v) is 5.93. The molecule has 0 aliphatic carbocycles. The number of nitrogens with zero attached hydrogens (tertiary/aromatic N) is 5. The Hall–Kier alpha value is -3.68. The molecule has 0 bridgehead atoms. The maximum Gasteiger partial charge on any atom is 0.257 e. The largest absolute Gasteiger partial charge is 0.357 e. The summed E-state index contributed by atoms with van der Waals surface area (Å²) in [6, 6.07) is 9.41. The number of H-pyrrole nitrogens is 1. The summed E-state index contributed by atoms with van der Waals surface area (Å²) < 4.78 is 1.85. The Bertz CT molecular complexity index is 1260. The molecule has 0 atom stereocenters. The second-order valence-electron chi connectivity index (χ2n) is 8.04. The maximum atomic E-state index is 12.7. The smallest absolute Gasteiger partial charge is 0.257 e. The number of carbonyl (C=O) groups excluding carboxylic acids is 1. The van der Waals surface area contributed by atoms with Crippen molar-refractivity contribution in [3.8, 4) is 11.4 Å². The predicted octanol–water partition coefficient (Wildman–Crippen LogP) is 3.83. The monoisotopic (exact) mass is 415 g/mol. The first-order valence-corrected chi connectivity index (χ1v) is 10.5. The summed E-state index contributed by atoms with van der Waals surface area (Å²) >= 11 is 0. The van der Waals surface area contributed by atoms with Gasteiger partial charge in [-0.25, -0.2) is 9.97 Å². The number of benzene rings is 1. The van der Waals surface area contributed by atoms with Crippen LogP contribution in [0.3, 0.4) is 0 Å². The Morgan fingerprint density at radius 3 is 2.61 bits per heavy atom. The number of aromatic nitrogens is 5. The van der Waals surface area contributed by atoms with Gasteiger partial charge in [-0.05, 0) is 57.0 Å². The third-order valence-electron chi connectivity index (χ3n) is 5.93. The van der Waals surface area contributed by atoms with E-state index < -0.39 is 0 Å². The number of anilines is 2. The van der Waals surface area contributed by atoms with Crippen LogP contribution < -0.4 is 10.2 Å². The lowest BCUT2D eigenvalue weighted by Gasteiger charge is -2.16. The Labute approximate surface area is 180 Å². The Morgan fingerprint density at radius 1 is 1.13 bits per heavy atom. The quantitative estimate of drug-likeness (QED) is 0.529. The minimum Gasteiger partial charge on any atom is -0.357 e. The van der Waals surface area contributed by atoms with E-state index in [4.69, 9.17) is 4.98 Å². The Morgan fingerprint density at radius 2 is 1.94 bits per heavy atom. The van der Waals surface area contributed by atoms with Gasteiger partial charge in [0.15, 0.2) is 0 Å².